The van der Waals surface area contributed by atoms with Crippen LogP contribution in [0.4, 0.5) is 0 Å². The van der Waals surface area contributed by atoms with E-state index >= 15 is 0 Å². The summed E-state index contributed by atoms with van der Waals surface area (Å²) >= 11 is 1.59. The number of hydrogen-bond acceptors (Lipinski definition) is 7. The molecule has 1 atom stereocenters. The zero-order chi connectivity index (χ0) is 18.4. The number of hydrogen-bond donors (Lipinski definition) is 1. The van der Waals surface area contributed by atoms with Gasteiger partial charge in [-0.05, 0) is 24.0 Å². The summed E-state index contributed by atoms with van der Waals surface area (Å²) in [5, 5.41) is 10.2. The molecule has 134 valence electrons. The molecule has 6 nitrogen and oxygen atoms in total. The SMILES string of the molecule is COCc1cc(=O)c(O)c(C(CC(=O)OC)c2ccc(SC)cc2)o1. The molecule has 0 fully saturated rings. The lowest BCUT2D eigenvalue weighted by Gasteiger charge is -2.17. The predicted molar refractivity (Wildman–Crippen MR) is 94.1 cm³/mol. The number of ether oxygens (including phenoxy) is 2. The third-order valence-electron chi connectivity index (χ3n) is 3.72. The van der Waals surface area contributed by atoms with E-state index in [-0.39, 0.29) is 24.5 Å². The van der Waals surface area contributed by atoms with Crippen molar-refractivity contribution in [2.75, 3.05) is 20.5 Å². The predicted octanol–water partition coefficient (Wildman–Crippen LogP) is 2.91. The standard InChI is InChI=1S/C18H20O6S/c1-22-10-12-8-15(19)17(21)18(24-12)14(9-16(20)23-2)11-4-6-13(25-3)7-5-11/h4-8,14,21H,9-10H2,1-3H3. The molecule has 25 heavy (non-hydrogen) atoms. The van der Waals surface area contributed by atoms with Gasteiger partial charge in [-0.15, -0.1) is 11.8 Å². The minimum absolute atomic E-state index is 0.0295. The summed E-state index contributed by atoms with van der Waals surface area (Å²) < 4.78 is 15.4. The fourth-order valence-corrected chi connectivity index (χ4v) is 2.86. The molecule has 1 heterocycles. The van der Waals surface area contributed by atoms with E-state index in [0.717, 1.165) is 10.5 Å². The lowest BCUT2D eigenvalue weighted by atomic mass is 9.92. The van der Waals surface area contributed by atoms with Crippen LogP contribution in [0, 0.1) is 0 Å². The zero-order valence-corrected chi connectivity index (χ0v) is 15.1. The van der Waals surface area contributed by atoms with Crippen molar-refractivity contribution in [2.24, 2.45) is 0 Å². The van der Waals surface area contributed by atoms with Gasteiger partial charge < -0.3 is 19.0 Å². The molecule has 0 bridgehead atoms. The van der Waals surface area contributed by atoms with Crippen molar-refractivity contribution in [3.05, 3.63) is 57.6 Å². The maximum absolute atomic E-state index is 12.0. The first-order chi connectivity index (χ1) is 12.0. The molecule has 7 heteroatoms. The van der Waals surface area contributed by atoms with Crippen LogP contribution in [0.2, 0.25) is 0 Å². The number of methoxy groups -OCH3 is 2. The van der Waals surface area contributed by atoms with E-state index in [9.17, 15) is 14.7 Å². The largest absolute Gasteiger partial charge is 0.502 e. The molecule has 0 saturated heterocycles. The summed E-state index contributed by atoms with van der Waals surface area (Å²) in [6, 6.07) is 8.65. The Morgan fingerprint density at radius 2 is 1.96 bits per heavy atom. The molecular weight excluding hydrogens is 344 g/mol. The number of thioether (sulfide) groups is 1. The Morgan fingerprint density at radius 1 is 1.28 bits per heavy atom. The van der Waals surface area contributed by atoms with Gasteiger partial charge >= 0.3 is 5.97 Å². The minimum Gasteiger partial charge on any atom is -0.502 e. The molecular formula is C18H20O6S. The van der Waals surface area contributed by atoms with Crippen LogP contribution in [0.1, 0.15) is 29.4 Å². The van der Waals surface area contributed by atoms with Crippen LogP contribution in [0.25, 0.3) is 0 Å². The second kappa shape index (κ2) is 8.73. The smallest absolute Gasteiger partial charge is 0.306 e. The first-order valence-corrected chi connectivity index (χ1v) is 8.78. The lowest BCUT2D eigenvalue weighted by molar-refractivity contribution is -0.140. The summed E-state index contributed by atoms with van der Waals surface area (Å²) in [5.41, 5.74) is 0.153. The van der Waals surface area contributed by atoms with E-state index in [1.54, 1.807) is 11.8 Å². The molecule has 0 spiro atoms. The Labute approximate surface area is 149 Å². The Kier molecular flexibility index (Phi) is 6.66. The van der Waals surface area contributed by atoms with Gasteiger partial charge in [0.15, 0.2) is 5.76 Å². The van der Waals surface area contributed by atoms with E-state index in [1.807, 2.05) is 30.5 Å². The highest BCUT2D eigenvalue weighted by Gasteiger charge is 2.26. The summed E-state index contributed by atoms with van der Waals surface area (Å²) in [7, 11) is 2.76. The van der Waals surface area contributed by atoms with Crippen LogP contribution in [0.15, 0.2) is 44.4 Å². The molecule has 1 aromatic heterocycles. The van der Waals surface area contributed by atoms with E-state index in [1.165, 1.54) is 20.3 Å². The summed E-state index contributed by atoms with van der Waals surface area (Å²) in [5.74, 6) is -1.33. The fourth-order valence-electron chi connectivity index (χ4n) is 2.45. The molecule has 1 unspecified atom stereocenters. The quantitative estimate of drug-likeness (QED) is 0.597. The van der Waals surface area contributed by atoms with Gasteiger partial charge in [0.1, 0.15) is 12.4 Å². The molecule has 0 aliphatic heterocycles. The first-order valence-electron chi connectivity index (χ1n) is 7.55. The van der Waals surface area contributed by atoms with Gasteiger partial charge in [0.25, 0.3) is 0 Å². The van der Waals surface area contributed by atoms with Crippen LogP contribution >= 0.6 is 11.8 Å². The summed E-state index contributed by atoms with van der Waals surface area (Å²) in [4.78, 5) is 24.9. The highest BCUT2D eigenvalue weighted by Crippen LogP contribution is 2.34. The van der Waals surface area contributed by atoms with Gasteiger partial charge in [0, 0.05) is 18.1 Å². The Hall–Kier alpha value is -2.25. The molecule has 1 aromatic carbocycles. The van der Waals surface area contributed by atoms with Gasteiger partial charge in [0.2, 0.25) is 11.2 Å². The van der Waals surface area contributed by atoms with Gasteiger partial charge in [-0.3, -0.25) is 9.59 Å². The normalized spacial score (nSPS) is 12.0. The van der Waals surface area contributed by atoms with Crippen LogP contribution in [-0.4, -0.2) is 31.6 Å². The Bertz CT molecular complexity index is 781. The summed E-state index contributed by atoms with van der Waals surface area (Å²) in [6.45, 7) is 0.0822. The fraction of sp³-hybridized carbons (Fsp3) is 0.333. The lowest BCUT2D eigenvalue weighted by Crippen LogP contribution is -2.14. The van der Waals surface area contributed by atoms with Crippen molar-refractivity contribution in [3.8, 4) is 5.75 Å². The maximum Gasteiger partial charge on any atom is 0.306 e. The van der Waals surface area contributed by atoms with Gasteiger partial charge in [-0.2, -0.15) is 0 Å². The topological polar surface area (TPSA) is 86.0 Å². The van der Waals surface area contributed by atoms with Crippen molar-refractivity contribution in [3.63, 3.8) is 0 Å². The van der Waals surface area contributed by atoms with E-state index in [0.29, 0.717) is 0 Å². The van der Waals surface area contributed by atoms with Crippen molar-refractivity contribution in [1.82, 2.24) is 0 Å². The van der Waals surface area contributed by atoms with Crippen LogP contribution in [-0.2, 0) is 20.9 Å². The number of rotatable bonds is 7. The van der Waals surface area contributed by atoms with Gasteiger partial charge in [0.05, 0.1) is 19.4 Å². The number of esters is 1. The highest BCUT2D eigenvalue weighted by molar-refractivity contribution is 7.98. The van der Waals surface area contributed by atoms with E-state index in [4.69, 9.17) is 13.9 Å². The molecule has 1 N–H and O–H groups in total. The van der Waals surface area contributed by atoms with Crippen molar-refractivity contribution in [1.29, 1.82) is 0 Å². The number of carbonyl (C=O) groups is 1. The monoisotopic (exact) mass is 364 g/mol. The molecule has 2 rings (SSSR count). The molecule has 0 saturated carbocycles. The van der Waals surface area contributed by atoms with Crippen molar-refractivity contribution >= 4 is 17.7 Å². The zero-order valence-electron chi connectivity index (χ0n) is 14.3. The number of carbonyl (C=O) groups excluding carboxylic acids is 1. The van der Waals surface area contributed by atoms with Crippen molar-refractivity contribution in [2.45, 2.75) is 23.8 Å². The number of benzene rings is 1. The molecule has 0 aliphatic rings. The second-order valence-electron chi connectivity index (χ2n) is 5.33. The van der Waals surface area contributed by atoms with Crippen molar-refractivity contribution < 1.29 is 23.8 Å². The number of aromatic hydroxyl groups is 1. The average Bonchev–Trinajstić information content (AvgIpc) is 2.63. The van der Waals surface area contributed by atoms with Crippen LogP contribution in [0.3, 0.4) is 0 Å². The van der Waals surface area contributed by atoms with Crippen LogP contribution in [0.5, 0.6) is 5.75 Å². The van der Waals surface area contributed by atoms with Crippen LogP contribution < -0.4 is 5.43 Å². The third-order valence-corrected chi connectivity index (χ3v) is 4.46. The second-order valence-corrected chi connectivity index (χ2v) is 6.21. The molecule has 0 amide bonds. The average molecular weight is 364 g/mol. The molecule has 0 radical (unpaired) electrons. The molecule has 2 aromatic rings. The van der Waals surface area contributed by atoms with E-state index in [2.05, 4.69) is 0 Å². The Balaban J connectivity index is 2.54. The minimum atomic E-state index is -0.645. The Morgan fingerprint density at radius 3 is 2.52 bits per heavy atom. The third kappa shape index (κ3) is 4.64. The first kappa shape index (κ1) is 19.1. The maximum atomic E-state index is 12.0. The molecule has 0 aliphatic carbocycles. The van der Waals surface area contributed by atoms with Gasteiger partial charge in [-0.25, -0.2) is 0 Å². The summed E-state index contributed by atoms with van der Waals surface area (Å²) in [6.07, 6.45) is 1.89. The highest BCUT2D eigenvalue weighted by atomic mass is 32.2. The van der Waals surface area contributed by atoms with Gasteiger partial charge in [-0.1, -0.05) is 12.1 Å². The van der Waals surface area contributed by atoms with E-state index < -0.39 is 23.1 Å².